The lowest BCUT2D eigenvalue weighted by Gasteiger charge is -2.20. The van der Waals surface area contributed by atoms with Crippen LogP contribution in [-0.4, -0.2) is 23.7 Å². The summed E-state index contributed by atoms with van der Waals surface area (Å²) in [5.41, 5.74) is 2.95. The highest BCUT2D eigenvalue weighted by atomic mass is 16.5. The molecule has 0 bridgehead atoms. The molecule has 0 aliphatic heterocycles. The first kappa shape index (κ1) is 15.3. The van der Waals surface area contributed by atoms with Crippen LogP contribution >= 0.6 is 0 Å². The fourth-order valence-corrected chi connectivity index (χ4v) is 2.87. The van der Waals surface area contributed by atoms with Crippen LogP contribution in [0.3, 0.4) is 0 Å². The van der Waals surface area contributed by atoms with Gasteiger partial charge in [0.05, 0.1) is 0 Å². The van der Waals surface area contributed by atoms with Gasteiger partial charge in [-0.25, -0.2) is 0 Å². The highest BCUT2D eigenvalue weighted by molar-refractivity contribution is 5.98. The SMILES string of the molecule is CC(C)(C(=O)O)C(=O)OCC1c2ccccc2-c2ccccc21. The topological polar surface area (TPSA) is 63.6 Å². The van der Waals surface area contributed by atoms with Gasteiger partial charge in [0, 0.05) is 5.92 Å². The number of carboxylic acids is 1. The molecule has 4 nitrogen and oxygen atoms in total. The molecule has 0 saturated carbocycles. The molecule has 0 aromatic heterocycles. The molecule has 2 aromatic carbocycles. The quantitative estimate of drug-likeness (QED) is 0.694. The number of carbonyl (C=O) groups excluding carboxylic acids is 1. The second-order valence-corrected chi connectivity index (χ2v) is 6.26. The summed E-state index contributed by atoms with van der Waals surface area (Å²) in [4.78, 5) is 23.2. The molecule has 2 aromatic rings. The third-order valence-corrected chi connectivity index (χ3v) is 4.39. The first-order valence-corrected chi connectivity index (χ1v) is 7.51. The van der Waals surface area contributed by atoms with E-state index in [0.717, 1.165) is 22.3 Å². The van der Waals surface area contributed by atoms with E-state index in [1.807, 2.05) is 36.4 Å². The van der Waals surface area contributed by atoms with E-state index in [4.69, 9.17) is 9.84 Å². The smallest absolute Gasteiger partial charge is 0.322 e. The van der Waals surface area contributed by atoms with Gasteiger partial charge >= 0.3 is 11.9 Å². The molecule has 3 rings (SSSR count). The molecule has 0 atom stereocenters. The van der Waals surface area contributed by atoms with Crippen molar-refractivity contribution in [3.63, 3.8) is 0 Å². The first-order chi connectivity index (χ1) is 10.9. The average molecular weight is 310 g/mol. The Bertz CT molecular complexity index is 731. The Labute approximate surface area is 134 Å². The van der Waals surface area contributed by atoms with Crippen molar-refractivity contribution in [1.82, 2.24) is 0 Å². The number of ether oxygens (including phenoxy) is 1. The Hall–Kier alpha value is -2.62. The molecule has 1 aliphatic carbocycles. The standard InChI is InChI=1S/C19H18O4/c1-19(2,17(20)21)18(22)23-11-16-14-9-5-3-7-12(14)13-8-4-6-10-15(13)16/h3-10,16H,11H2,1-2H3,(H,20,21). The molecule has 0 heterocycles. The van der Waals surface area contributed by atoms with Crippen LogP contribution in [0.4, 0.5) is 0 Å². The van der Waals surface area contributed by atoms with E-state index < -0.39 is 17.4 Å². The molecule has 1 N–H and O–H groups in total. The number of carboxylic acid groups (broad SMARTS) is 1. The third-order valence-electron chi connectivity index (χ3n) is 4.39. The molecule has 23 heavy (non-hydrogen) atoms. The van der Waals surface area contributed by atoms with Gasteiger partial charge in [0.15, 0.2) is 5.41 Å². The van der Waals surface area contributed by atoms with Crippen LogP contribution in [-0.2, 0) is 14.3 Å². The maximum absolute atomic E-state index is 12.1. The summed E-state index contributed by atoms with van der Waals surface area (Å²) in [6.07, 6.45) is 0. The van der Waals surface area contributed by atoms with Crippen molar-refractivity contribution in [2.45, 2.75) is 19.8 Å². The highest BCUT2D eigenvalue weighted by Crippen LogP contribution is 2.44. The zero-order chi connectivity index (χ0) is 16.6. The summed E-state index contributed by atoms with van der Waals surface area (Å²) in [5.74, 6) is -1.96. The number of aliphatic carboxylic acids is 1. The number of hydrogen-bond acceptors (Lipinski definition) is 3. The summed E-state index contributed by atoms with van der Waals surface area (Å²) in [5, 5.41) is 9.12. The van der Waals surface area contributed by atoms with Crippen molar-refractivity contribution in [1.29, 1.82) is 0 Å². The van der Waals surface area contributed by atoms with Gasteiger partial charge < -0.3 is 9.84 Å². The van der Waals surface area contributed by atoms with Crippen LogP contribution in [0.5, 0.6) is 0 Å². The van der Waals surface area contributed by atoms with Crippen molar-refractivity contribution in [3.8, 4) is 11.1 Å². The molecular weight excluding hydrogens is 292 g/mol. The maximum atomic E-state index is 12.1. The summed E-state index contributed by atoms with van der Waals surface area (Å²) in [6, 6.07) is 16.0. The van der Waals surface area contributed by atoms with Crippen molar-refractivity contribution in [2.75, 3.05) is 6.61 Å². The van der Waals surface area contributed by atoms with Crippen molar-refractivity contribution >= 4 is 11.9 Å². The number of esters is 1. The molecule has 0 saturated heterocycles. The van der Waals surface area contributed by atoms with E-state index in [9.17, 15) is 9.59 Å². The number of fused-ring (bicyclic) bond motifs is 3. The second kappa shape index (κ2) is 5.54. The van der Waals surface area contributed by atoms with E-state index in [0.29, 0.717) is 0 Å². The summed E-state index contributed by atoms with van der Waals surface area (Å²) >= 11 is 0. The number of carbonyl (C=O) groups is 2. The largest absolute Gasteiger partial charge is 0.480 e. The minimum atomic E-state index is -1.54. The molecule has 4 heteroatoms. The van der Waals surface area contributed by atoms with Gasteiger partial charge in [-0.1, -0.05) is 48.5 Å². The molecule has 0 unspecified atom stereocenters. The van der Waals surface area contributed by atoms with E-state index in [1.54, 1.807) is 0 Å². The minimum Gasteiger partial charge on any atom is -0.480 e. The second-order valence-electron chi connectivity index (χ2n) is 6.26. The van der Waals surface area contributed by atoms with E-state index in [2.05, 4.69) is 12.1 Å². The predicted molar refractivity (Wildman–Crippen MR) is 86.1 cm³/mol. The van der Waals surface area contributed by atoms with Crippen LogP contribution in [0, 0.1) is 5.41 Å². The van der Waals surface area contributed by atoms with Gasteiger partial charge in [0.25, 0.3) is 0 Å². The van der Waals surface area contributed by atoms with Crippen LogP contribution < -0.4 is 0 Å². The van der Waals surface area contributed by atoms with Gasteiger partial charge in [0.2, 0.25) is 0 Å². The van der Waals surface area contributed by atoms with Gasteiger partial charge in [-0.15, -0.1) is 0 Å². The molecule has 0 spiro atoms. The van der Waals surface area contributed by atoms with Crippen LogP contribution in [0.25, 0.3) is 11.1 Å². The Morgan fingerprint density at radius 2 is 1.48 bits per heavy atom. The van der Waals surface area contributed by atoms with Crippen molar-refractivity contribution in [2.24, 2.45) is 5.41 Å². The predicted octanol–water partition coefficient (Wildman–Crippen LogP) is 3.45. The van der Waals surface area contributed by atoms with Crippen LogP contribution in [0.1, 0.15) is 30.9 Å². The summed E-state index contributed by atoms with van der Waals surface area (Å²) in [6.45, 7) is 2.85. The Morgan fingerprint density at radius 1 is 1.00 bits per heavy atom. The van der Waals surface area contributed by atoms with Crippen molar-refractivity contribution < 1.29 is 19.4 Å². The van der Waals surface area contributed by atoms with Gasteiger partial charge in [0.1, 0.15) is 6.61 Å². The molecule has 1 aliphatic rings. The minimum absolute atomic E-state index is 0.0593. The molecular formula is C19H18O4. The molecule has 0 amide bonds. The van der Waals surface area contributed by atoms with Crippen molar-refractivity contribution in [3.05, 3.63) is 59.7 Å². The number of hydrogen-bond donors (Lipinski definition) is 1. The van der Waals surface area contributed by atoms with Crippen LogP contribution in [0.2, 0.25) is 0 Å². The first-order valence-electron chi connectivity index (χ1n) is 7.51. The number of rotatable bonds is 4. The Balaban J connectivity index is 1.87. The van der Waals surface area contributed by atoms with E-state index >= 15 is 0 Å². The lowest BCUT2D eigenvalue weighted by atomic mass is 9.94. The number of benzene rings is 2. The van der Waals surface area contributed by atoms with Gasteiger partial charge in [-0.2, -0.15) is 0 Å². The highest BCUT2D eigenvalue weighted by Gasteiger charge is 2.39. The average Bonchev–Trinajstić information content (AvgIpc) is 2.86. The van der Waals surface area contributed by atoms with Gasteiger partial charge in [-0.05, 0) is 36.1 Å². The summed E-state index contributed by atoms with van der Waals surface area (Å²) < 4.78 is 5.35. The zero-order valence-corrected chi connectivity index (χ0v) is 13.1. The Kier molecular flexibility index (Phi) is 3.68. The molecule has 0 radical (unpaired) electrons. The van der Waals surface area contributed by atoms with Crippen LogP contribution in [0.15, 0.2) is 48.5 Å². The lowest BCUT2D eigenvalue weighted by molar-refractivity contribution is -0.166. The summed E-state index contributed by atoms with van der Waals surface area (Å²) in [7, 11) is 0. The fraction of sp³-hybridized carbons (Fsp3) is 0.263. The van der Waals surface area contributed by atoms with E-state index in [1.165, 1.54) is 13.8 Å². The zero-order valence-electron chi connectivity index (χ0n) is 13.1. The third kappa shape index (κ3) is 2.50. The lowest BCUT2D eigenvalue weighted by Crippen LogP contribution is -2.35. The normalized spacial score (nSPS) is 13.3. The maximum Gasteiger partial charge on any atom is 0.322 e. The fourth-order valence-electron chi connectivity index (χ4n) is 2.87. The van der Waals surface area contributed by atoms with E-state index in [-0.39, 0.29) is 12.5 Å². The molecule has 118 valence electrons. The molecule has 0 fully saturated rings. The Morgan fingerprint density at radius 3 is 1.96 bits per heavy atom. The monoisotopic (exact) mass is 310 g/mol. The van der Waals surface area contributed by atoms with Gasteiger partial charge in [-0.3, -0.25) is 9.59 Å².